The zero-order valence-corrected chi connectivity index (χ0v) is 16.7. The lowest BCUT2D eigenvalue weighted by Gasteiger charge is -2.35. The Morgan fingerprint density at radius 3 is 2.48 bits per heavy atom. The van der Waals surface area contributed by atoms with Gasteiger partial charge in [0.2, 0.25) is 0 Å². The van der Waals surface area contributed by atoms with Gasteiger partial charge in [0, 0.05) is 24.4 Å². The van der Waals surface area contributed by atoms with E-state index in [1.54, 1.807) is 17.7 Å². The predicted molar refractivity (Wildman–Crippen MR) is 108 cm³/mol. The standard InChI is InChI=1S/C21H27ClN2O3/c1-15-14-18(25)19(21(26)24(15)12-13-27-2)20(23-10-4-3-5-11-23)16-6-8-17(22)9-7-16/h6-9,14,20,25H,3-5,10-13H2,1-2H3/t20-/m1/s1. The third-order valence-corrected chi connectivity index (χ3v) is 5.51. The lowest BCUT2D eigenvalue weighted by atomic mass is 9.94. The van der Waals surface area contributed by atoms with Crippen LogP contribution in [0.25, 0.3) is 0 Å². The third-order valence-electron chi connectivity index (χ3n) is 5.26. The van der Waals surface area contributed by atoms with Crippen LogP contribution in [0.4, 0.5) is 0 Å². The van der Waals surface area contributed by atoms with Crippen molar-refractivity contribution in [1.82, 2.24) is 9.47 Å². The number of aromatic hydroxyl groups is 1. The first kappa shape index (κ1) is 19.9. The van der Waals surface area contributed by atoms with Crippen molar-refractivity contribution < 1.29 is 9.84 Å². The summed E-state index contributed by atoms with van der Waals surface area (Å²) in [5.41, 5.74) is 1.97. The molecule has 1 fully saturated rings. The van der Waals surface area contributed by atoms with Crippen LogP contribution >= 0.6 is 11.6 Å². The third kappa shape index (κ3) is 4.37. The zero-order chi connectivity index (χ0) is 19.4. The molecule has 27 heavy (non-hydrogen) atoms. The second kappa shape index (κ2) is 8.91. The van der Waals surface area contributed by atoms with Gasteiger partial charge in [0.15, 0.2) is 0 Å². The van der Waals surface area contributed by atoms with Gasteiger partial charge in [-0.15, -0.1) is 0 Å². The van der Waals surface area contributed by atoms with E-state index in [0.29, 0.717) is 23.7 Å². The fourth-order valence-corrected chi connectivity index (χ4v) is 3.99. The Hall–Kier alpha value is -1.82. The van der Waals surface area contributed by atoms with E-state index in [9.17, 15) is 9.90 Å². The Balaban J connectivity index is 2.13. The van der Waals surface area contributed by atoms with E-state index in [0.717, 1.165) is 37.2 Å². The van der Waals surface area contributed by atoms with Crippen molar-refractivity contribution in [1.29, 1.82) is 0 Å². The Morgan fingerprint density at radius 2 is 1.85 bits per heavy atom. The molecule has 0 saturated carbocycles. The predicted octanol–water partition coefficient (Wildman–Crippen LogP) is 3.74. The van der Waals surface area contributed by atoms with E-state index in [1.807, 2.05) is 31.2 Å². The van der Waals surface area contributed by atoms with Crippen LogP contribution in [0.3, 0.4) is 0 Å². The summed E-state index contributed by atoms with van der Waals surface area (Å²) < 4.78 is 6.84. The highest BCUT2D eigenvalue weighted by Gasteiger charge is 2.29. The maximum absolute atomic E-state index is 13.3. The molecule has 146 valence electrons. The number of aryl methyl sites for hydroxylation is 1. The highest BCUT2D eigenvalue weighted by molar-refractivity contribution is 6.30. The normalized spacial score (nSPS) is 16.4. The summed E-state index contributed by atoms with van der Waals surface area (Å²) in [5.74, 6) is 0.0525. The number of likely N-dealkylation sites (tertiary alicyclic amines) is 1. The molecule has 0 radical (unpaired) electrons. The number of aromatic nitrogens is 1. The van der Waals surface area contributed by atoms with Crippen LogP contribution in [0.2, 0.25) is 5.02 Å². The van der Waals surface area contributed by atoms with Crippen LogP contribution < -0.4 is 5.56 Å². The molecule has 1 aromatic heterocycles. The van der Waals surface area contributed by atoms with E-state index in [-0.39, 0.29) is 17.4 Å². The number of ether oxygens (including phenoxy) is 1. The number of pyridine rings is 1. The largest absolute Gasteiger partial charge is 0.507 e. The first-order valence-electron chi connectivity index (χ1n) is 9.44. The molecule has 0 aliphatic carbocycles. The number of piperidine rings is 1. The summed E-state index contributed by atoms with van der Waals surface area (Å²) in [5, 5.41) is 11.4. The van der Waals surface area contributed by atoms with Crippen molar-refractivity contribution in [2.24, 2.45) is 0 Å². The molecule has 1 N–H and O–H groups in total. The highest BCUT2D eigenvalue weighted by atomic mass is 35.5. The smallest absolute Gasteiger partial charge is 0.259 e. The van der Waals surface area contributed by atoms with Crippen LogP contribution in [-0.4, -0.2) is 41.4 Å². The minimum Gasteiger partial charge on any atom is -0.507 e. The second-order valence-electron chi connectivity index (χ2n) is 7.08. The molecule has 0 spiro atoms. The van der Waals surface area contributed by atoms with Gasteiger partial charge in [-0.2, -0.15) is 0 Å². The molecule has 1 aliphatic heterocycles. The summed E-state index contributed by atoms with van der Waals surface area (Å²) >= 11 is 6.07. The van der Waals surface area contributed by atoms with E-state index in [2.05, 4.69) is 4.90 Å². The first-order valence-corrected chi connectivity index (χ1v) is 9.82. The average molecular weight is 391 g/mol. The molecule has 0 unspecified atom stereocenters. The van der Waals surface area contributed by atoms with Crippen LogP contribution in [0, 0.1) is 6.92 Å². The van der Waals surface area contributed by atoms with Gasteiger partial charge in [0.1, 0.15) is 5.75 Å². The zero-order valence-electron chi connectivity index (χ0n) is 15.9. The molecule has 2 heterocycles. The summed E-state index contributed by atoms with van der Waals surface area (Å²) in [7, 11) is 1.62. The molecule has 5 nitrogen and oxygen atoms in total. The van der Waals surface area contributed by atoms with Crippen molar-refractivity contribution in [3.05, 3.63) is 62.5 Å². The molecule has 1 aromatic carbocycles. The molecule has 0 bridgehead atoms. The minimum absolute atomic E-state index is 0.0525. The van der Waals surface area contributed by atoms with Gasteiger partial charge >= 0.3 is 0 Å². The van der Waals surface area contributed by atoms with E-state index < -0.39 is 0 Å². The van der Waals surface area contributed by atoms with Crippen molar-refractivity contribution >= 4 is 11.6 Å². The highest BCUT2D eigenvalue weighted by Crippen LogP contribution is 2.34. The Labute approximate surface area is 165 Å². The van der Waals surface area contributed by atoms with Gasteiger partial charge in [0.25, 0.3) is 5.56 Å². The fraction of sp³-hybridized carbons (Fsp3) is 0.476. The molecular formula is C21H27ClN2O3. The summed E-state index contributed by atoms with van der Waals surface area (Å²) in [6, 6.07) is 8.95. The van der Waals surface area contributed by atoms with E-state index >= 15 is 0 Å². The first-order chi connectivity index (χ1) is 13.0. The second-order valence-corrected chi connectivity index (χ2v) is 7.52. The van der Waals surface area contributed by atoms with Gasteiger partial charge in [0.05, 0.1) is 18.2 Å². The SMILES string of the molecule is COCCn1c(C)cc(O)c([C@@H](c2ccc(Cl)cc2)N2CCCCC2)c1=O. The van der Waals surface area contributed by atoms with Crippen LogP contribution in [0.15, 0.2) is 35.1 Å². The van der Waals surface area contributed by atoms with Crippen molar-refractivity contribution in [3.63, 3.8) is 0 Å². The molecule has 1 atom stereocenters. The summed E-state index contributed by atoms with van der Waals surface area (Å²) in [6.45, 7) is 4.54. The van der Waals surface area contributed by atoms with Crippen molar-refractivity contribution in [3.8, 4) is 5.75 Å². The van der Waals surface area contributed by atoms with E-state index in [1.165, 1.54) is 6.42 Å². The molecule has 6 heteroatoms. The number of methoxy groups -OCH3 is 1. The van der Waals surface area contributed by atoms with Crippen LogP contribution in [-0.2, 0) is 11.3 Å². The molecule has 1 aliphatic rings. The topological polar surface area (TPSA) is 54.7 Å². The molecule has 2 aromatic rings. The summed E-state index contributed by atoms with van der Waals surface area (Å²) in [6.07, 6.45) is 3.38. The number of benzene rings is 1. The average Bonchev–Trinajstić information content (AvgIpc) is 2.66. The number of hydrogen-bond acceptors (Lipinski definition) is 4. The van der Waals surface area contributed by atoms with Gasteiger partial charge < -0.3 is 14.4 Å². The number of rotatable bonds is 6. The number of nitrogens with zero attached hydrogens (tertiary/aromatic N) is 2. The number of hydrogen-bond donors (Lipinski definition) is 1. The van der Waals surface area contributed by atoms with Crippen molar-refractivity contribution in [2.45, 2.75) is 38.8 Å². The van der Waals surface area contributed by atoms with Crippen LogP contribution in [0.5, 0.6) is 5.75 Å². The lowest BCUT2D eigenvalue weighted by Crippen LogP contribution is -2.39. The van der Waals surface area contributed by atoms with Crippen molar-refractivity contribution in [2.75, 3.05) is 26.8 Å². The Morgan fingerprint density at radius 1 is 1.19 bits per heavy atom. The number of halogens is 1. The lowest BCUT2D eigenvalue weighted by molar-refractivity contribution is 0.178. The van der Waals surface area contributed by atoms with Gasteiger partial charge in [-0.25, -0.2) is 0 Å². The quantitative estimate of drug-likeness (QED) is 0.816. The Kier molecular flexibility index (Phi) is 6.58. The van der Waals surface area contributed by atoms with Gasteiger partial charge in [-0.05, 0) is 56.6 Å². The van der Waals surface area contributed by atoms with E-state index in [4.69, 9.17) is 16.3 Å². The fourth-order valence-electron chi connectivity index (χ4n) is 3.87. The maximum atomic E-state index is 13.3. The monoisotopic (exact) mass is 390 g/mol. The van der Waals surface area contributed by atoms with Gasteiger partial charge in [-0.1, -0.05) is 30.2 Å². The maximum Gasteiger partial charge on any atom is 0.259 e. The minimum atomic E-state index is -0.288. The summed E-state index contributed by atoms with van der Waals surface area (Å²) in [4.78, 5) is 15.6. The Bertz CT molecular complexity index is 827. The molecule has 0 amide bonds. The molecule has 1 saturated heterocycles. The van der Waals surface area contributed by atoms with Gasteiger partial charge in [-0.3, -0.25) is 9.69 Å². The molecule has 3 rings (SSSR count). The molecular weight excluding hydrogens is 364 g/mol. The van der Waals surface area contributed by atoms with Crippen LogP contribution in [0.1, 0.15) is 42.1 Å².